The highest BCUT2D eigenvalue weighted by molar-refractivity contribution is 6.05. The summed E-state index contributed by atoms with van der Waals surface area (Å²) in [4.78, 5) is 30.1. The molecule has 0 saturated carbocycles. The van der Waals surface area contributed by atoms with E-state index in [0.717, 1.165) is 5.52 Å². The minimum absolute atomic E-state index is 0.0758. The van der Waals surface area contributed by atoms with Crippen molar-refractivity contribution in [2.75, 3.05) is 23.4 Å². The van der Waals surface area contributed by atoms with E-state index in [4.69, 9.17) is 9.15 Å². The van der Waals surface area contributed by atoms with E-state index in [9.17, 15) is 9.59 Å². The third-order valence-electron chi connectivity index (χ3n) is 3.89. The van der Waals surface area contributed by atoms with Crippen LogP contribution in [0.1, 0.15) is 5.89 Å². The number of hydrogen-bond acceptors (Lipinski definition) is 5. The van der Waals surface area contributed by atoms with Crippen LogP contribution in [0.3, 0.4) is 0 Å². The number of carbonyl (C=O) groups is 2. The number of fused-ring (bicyclic) bond motifs is 2. The highest BCUT2D eigenvalue weighted by Gasteiger charge is 2.26. The van der Waals surface area contributed by atoms with Crippen molar-refractivity contribution in [3.63, 3.8) is 0 Å². The van der Waals surface area contributed by atoms with Crippen LogP contribution >= 0.6 is 0 Å². The molecule has 4 rings (SSSR count). The molecule has 1 N–H and O–H groups in total. The number of ether oxygens (including phenoxy) is 1. The van der Waals surface area contributed by atoms with Crippen LogP contribution < -0.4 is 15.0 Å². The number of hydrogen-bond donors (Lipinski definition) is 1. The summed E-state index contributed by atoms with van der Waals surface area (Å²) in [6, 6.07) is 12.4. The Morgan fingerprint density at radius 2 is 2.12 bits per heavy atom. The van der Waals surface area contributed by atoms with Crippen molar-refractivity contribution in [1.82, 2.24) is 4.98 Å². The lowest BCUT2D eigenvalue weighted by Gasteiger charge is -2.28. The van der Waals surface area contributed by atoms with Crippen LogP contribution in [0, 0.1) is 6.92 Å². The van der Waals surface area contributed by atoms with Crippen LogP contribution in [0.4, 0.5) is 11.4 Å². The number of aromatic nitrogens is 1. The number of nitrogens with one attached hydrogen (secondary N) is 1. The third kappa shape index (κ3) is 2.91. The van der Waals surface area contributed by atoms with E-state index in [-0.39, 0.29) is 25.0 Å². The second-order valence-electron chi connectivity index (χ2n) is 5.70. The molecule has 3 aromatic rings. The molecular formula is C18H15N3O4. The molecule has 0 fully saturated rings. The lowest BCUT2D eigenvalue weighted by molar-refractivity contribution is -0.123. The van der Waals surface area contributed by atoms with Gasteiger partial charge in [0.2, 0.25) is 5.91 Å². The smallest absolute Gasteiger partial charge is 0.265 e. The Hall–Kier alpha value is -3.35. The van der Waals surface area contributed by atoms with Crippen LogP contribution in [-0.4, -0.2) is 29.9 Å². The fourth-order valence-electron chi connectivity index (χ4n) is 2.79. The number of rotatable bonds is 3. The van der Waals surface area contributed by atoms with Gasteiger partial charge in [-0.3, -0.25) is 14.5 Å². The van der Waals surface area contributed by atoms with Crippen molar-refractivity contribution in [3.8, 4) is 5.75 Å². The number of oxazole rings is 1. The zero-order valence-corrected chi connectivity index (χ0v) is 13.5. The van der Waals surface area contributed by atoms with Crippen molar-refractivity contribution in [3.05, 3.63) is 48.4 Å². The van der Waals surface area contributed by atoms with E-state index >= 15 is 0 Å². The number of carbonyl (C=O) groups excluding carboxylic acids is 2. The van der Waals surface area contributed by atoms with Gasteiger partial charge in [0, 0.05) is 18.7 Å². The van der Waals surface area contributed by atoms with Gasteiger partial charge in [-0.15, -0.1) is 0 Å². The highest BCUT2D eigenvalue weighted by Crippen LogP contribution is 2.31. The van der Waals surface area contributed by atoms with Crippen molar-refractivity contribution < 1.29 is 18.7 Å². The van der Waals surface area contributed by atoms with Gasteiger partial charge in [0.05, 0.1) is 5.69 Å². The second kappa shape index (κ2) is 5.94. The van der Waals surface area contributed by atoms with Gasteiger partial charge in [-0.25, -0.2) is 4.98 Å². The van der Waals surface area contributed by atoms with Crippen molar-refractivity contribution >= 4 is 34.3 Å². The molecule has 0 radical (unpaired) electrons. The molecule has 1 aliphatic heterocycles. The summed E-state index contributed by atoms with van der Waals surface area (Å²) in [6.07, 6.45) is 0. The van der Waals surface area contributed by atoms with Crippen LogP contribution in [0.2, 0.25) is 0 Å². The molecule has 0 saturated heterocycles. The van der Waals surface area contributed by atoms with Crippen LogP contribution in [0.15, 0.2) is 46.9 Å². The molecule has 0 bridgehead atoms. The van der Waals surface area contributed by atoms with Gasteiger partial charge in [0.1, 0.15) is 17.8 Å². The Kier molecular flexibility index (Phi) is 3.61. The number of para-hydroxylation sites is 2. The first-order valence-electron chi connectivity index (χ1n) is 7.79. The Morgan fingerprint density at radius 3 is 3.00 bits per heavy atom. The average Bonchev–Trinajstić information content (AvgIpc) is 2.97. The Morgan fingerprint density at radius 1 is 1.28 bits per heavy atom. The molecular weight excluding hydrogens is 322 g/mol. The first kappa shape index (κ1) is 15.2. The first-order chi connectivity index (χ1) is 12.1. The molecule has 1 aliphatic rings. The summed E-state index contributed by atoms with van der Waals surface area (Å²) < 4.78 is 10.8. The zero-order valence-electron chi connectivity index (χ0n) is 13.5. The predicted molar refractivity (Wildman–Crippen MR) is 91.7 cm³/mol. The standard InChI is InChI=1S/C18H15N3O4/c1-11-19-13-7-6-12(8-16(13)25-11)20-17(22)9-21-14-4-2-3-5-15(14)24-10-18(21)23/h2-8H,9-10H2,1H3,(H,20,22). The van der Waals surface area contributed by atoms with Crippen LogP contribution in [-0.2, 0) is 9.59 Å². The van der Waals surface area contributed by atoms with E-state index in [1.165, 1.54) is 4.90 Å². The maximum absolute atomic E-state index is 12.4. The van der Waals surface area contributed by atoms with E-state index in [2.05, 4.69) is 10.3 Å². The van der Waals surface area contributed by atoms with E-state index in [0.29, 0.717) is 28.6 Å². The molecule has 0 atom stereocenters. The number of nitrogens with zero attached hydrogens (tertiary/aromatic N) is 2. The number of aryl methyl sites for hydroxylation is 1. The van der Waals surface area contributed by atoms with Crippen molar-refractivity contribution in [2.24, 2.45) is 0 Å². The molecule has 2 aromatic carbocycles. The summed E-state index contributed by atoms with van der Waals surface area (Å²) >= 11 is 0. The quantitative estimate of drug-likeness (QED) is 0.794. The SMILES string of the molecule is Cc1nc2ccc(NC(=O)CN3C(=O)COc4ccccc43)cc2o1. The zero-order chi connectivity index (χ0) is 17.4. The summed E-state index contributed by atoms with van der Waals surface area (Å²) in [5.74, 6) is 0.596. The van der Waals surface area contributed by atoms with Crippen LogP contribution in [0.25, 0.3) is 11.1 Å². The monoisotopic (exact) mass is 337 g/mol. The number of benzene rings is 2. The maximum atomic E-state index is 12.4. The van der Waals surface area contributed by atoms with Gasteiger partial charge in [0.15, 0.2) is 18.1 Å². The molecule has 0 aliphatic carbocycles. The van der Waals surface area contributed by atoms with Gasteiger partial charge in [-0.2, -0.15) is 0 Å². The molecule has 126 valence electrons. The minimum atomic E-state index is -0.305. The molecule has 2 amide bonds. The van der Waals surface area contributed by atoms with Gasteiger partial charge in [0.25, 0.3) is 5.91 Å². The average molecular weight is 337 g/mol. The lowest BCUT2D eigenvalue weighted by Crippen LogP contribution is -2.43. The summed E-state index contributed by atoms with van der Waals surface area (Å²) in [5.41, 5.74) is 2.51. The van der Waals surface area contributed by atoms with Crippen molar-refractivity contribution in [2.45, 2.75) is 6.92 Å². The fourth-order valence-corrected chi connectivity index (χ4v) is 2.79. The van der Waals surface area contributed by atoms with Gasteiger partial charge in [-0.1, -0.05) is 12.1 Å². The first-order valence-corrected chi connectivity index (χ1v) is 7.79. The number of anilines is 2. The normalized spacial score (nSPS) is 13.5. The molecule has 0 unspecified atom stereocenters. The van der Waals surface area contributed by atoms with Gasteiger partial charge < -0.3 is 14.5 Å². The molecule has 1 aromatic heterocycles. The summed E-state index contributed by atoms with van der Waals surface area (Å²) in [6.45, 7) is 1.60. The van der Waals surface area contributed by atoms with Crippen molar-refractivity contribution in [1.29, 1.82) is 0 Å². The topological polar surface area (TPSA) is 84.7 Å². The molecule has 0 spiro atoms. The fraction of sp³-hybridized carbons (Fsp3) is 0.167. The second-order valence-corrected chi connectivity index (χ2v) is 5.70. The minimum Gasteiger partial charge on any atom is -0.482 e. The van der Waals surface area contributed by atoms with Crippen LogP contribution in [0.5, 0.6) is 5.75 Å². The third-order valence-corrected chi connectivity index (χ3v) is 3.89. The predicted octanol–water partition coefficient (Wildman–Crippen LogP) is 2.50. The lowest BCUT2D eigenvalue weighted by atomic mass is 10.2. The number of amides is 2. The Labute approximate surface area is 143 Å². The highest BCUT2D eigenvalue weighted by atomic mass is 16.5. The van der Waals surface area contributed by atoms with E-state index in [1.54, 1.807) is 43.3 Å². The molecule has 2 heterocycles. The largest absolute Gasteiger partial charge is 0.482 e. The maximum Gasteiger partial charge on any atom is 0.265 e. The Bertz CT molecular complexity index is 979. The van der Waals surface area contributed by atoms with E-state index in [1.807, 2.05) is 6.07 Å². The van der Waals surface area contributed by atoms with Gasteiger partial charge in [-0.05, 0) is 24.3 Å². The molecule has 7 nitrogen and oxygen atoms in total. The summed E-state index contributed by atoms with van der Waals surface area (Å²) in [7, 11) is 0. The Balaban J connectivity index is 1.52. The van der Waals surface area contributed by atoms with E-state index < -0.39 is 0 Å². The summed E-state index contributed by atoms with van der Waals surface area (Å²) in [5, 5.41) is 2.78. The van der Waals surface area contributed by atoms with Gasteiger partial charge >= 0.3 is 0 Å². The molecule has 25 heavy (non-hydrogen) atoms. The molecule has 7 heteroatoms.